The van der Waals surface area contributed by atoms with Crippen LogP contribution < -0.4 is 0 Å². The highest BCUT2D eigenvalue weighted by Crippen LogP contribution is 2.10. The smallest absolute Gasteiger partial charge is 0.172 e. The van der Waals surface area contributed by atoms with Gasteiger partial charge in [0.15, 0.2) is 11.0 Å². The zero-order valence-corrected chi connectivity index (χ0v) is 12.1. The van der Waals surface area contributed by atoms with Crippen molar-refractivity contribution in [3.05, 3.63) is 59.6 Å². The van der Waals surface area contributed by atoms with Crippen molar-refractivity contribution in [2.45, 2.75) is 27.2 Å². The SMILES string of the molecule is C=C(C)/C=C\C=N/S(=O)C1=CCC=CC=C1.CC. The molecule has 0 aromatic heterocycles. The van der Waals surface area contributed by atoms with E-state index in [0.717, 1.165) is 16.9 Å². The molecule has 18 heavy (non-hydrogen) atoms. The highest BCUT2D eigenvalue weighted by Gasteiger charge is 2.00. The summed E-state index contributed by atoms with van der Waals surface area (Å²) < 4.78 is 15.6. The average molecular weight is 263 g/mol. The van der Waals surface area contributed by atoms with Crippen molar-refractivity contribution in [3.63, 3.8) is 0 Å². The largest absolute Gasteiger partial charge is 0.230 e. The van der Waals surface area contributed by atoms with Gasteiger partial charge in [-0.1, -0.05) is 56.4 Å². The number of rotatable bonds is 4. The van der Waals surface area contributed by atoms with Crippen LogP contribution in [-0.2, 0) is 11.0 Å². The van der Waals surface area contributed by atoms with E-state index in [1.807, 2.05) is 57.2 Å². The maximum Gasteiger partial charge on any atom is 0.172 e. The molecular formula is C15H21NOS. The van der Waals surface area contributed by atoms with Gasteiger partial charge in [0.2, 0.25) is 0 Å². The summed E-state index contributed by atoms with van der Waals surface area (Å²) in [5, 5.41) is 0. The van der Waals surface area contributed by atoms with Gasteiger partial charge < -0.3 is 0 Å². The third kappa shape index (κ3) is 7.74. The maximum absolute atomic E-state index is 11.7. The Bertz CT molecular complexity index is 426. The van der Waals surface area contributed by atoms with Crippen LogP contribution in [0.25, 0.3) is 0 Å². The molecule has 0 saturated carbocycles. The summed E-state index contributed by atoms with van der Waals surface area (Å²) >= 11 is 0. The van der Waals surface area contributed by atoms with E-state index < -0.39 is 11.0 Å². The van der Waals surface area contributed by atoms with Crippen molar-refractivity contribution in [2.24, 2.45) is 4.40 Å². The van der Waals surface area contributed by atoms with Gasteiger partial charge >= 0.3 is 0 Å². The second kappa shape index (κ2) is 10.7. The van der Waals surface area contributed by atoms with Crippen LogP contribution in [-0.4, -0.2) is 10.4 Å². The first kappa shape index (κ1) is 16.5. The fourth-order valence-corrected chi connectivity index (χ4v) is 1.78. The van der Waals surface area contributed by atoms with Crippen LogP contribution in [0.1, 0.15) is 27.2 Å². The number of hydrogen-bond donors (Lipinski definition) is 0. The van der Waals surface area contributed by atoms with Crippen molar-refractivity contribution >= 4 is 17.2 Å². The molecule has 0 amide bonds. The van der Waals surface area contributed by atoms with Crippen molar-refractivity contribution in [1.29, 1.82) is 0 Å². The Morgan fingerprint density at radius 1 is 1.44 bits per heavy atom. The summed E-state index contributed by atoms with van der Waals surface area (Å²) in [5.74, 6) is 0. The second-order valence-corrected chi connectivity index (χ2v) is 4.52. The molecule has 1 unspecified atom stereocenters. The Balaban J connectivity index is 0.00000137. The highest BCUT2D eigenvalue weighted by atomic mass is 32.2. The van der Waals surface area contributed by atoms with Gasteiger partial charge in [-0.3, -0.25) is 0 Å². The third-order valence-corrected chi connectivity index (χ3v) is 2.81. The van der Waals surface area contributed by atoms with Crippen LogP contribution in [0.2, 0.25) is 0 Å². The second-order valence-electron chi connectivity index (χ2n) is 3.34. The molecule has 0 saturated heterocycles. The molecule has 0 N–H and O–H groups in total. The van der Waals surface area contributed by atoms with Crippen LogP contribution >= 0.6 is 0 Å². The van der Waals surface area contributed by atoms with Crippen LogP contribution in [0.4, 0.5) is 0 Å². The van der Waals surface area contributed by atoms with Crippen LogP contribution in [0.15, 0.2) is 64.0 Å². The molecular weight excluding hydrogens is 242 g/mol. The Labute approximate surface area is 113 Å². The lowest BCUT2D eigenvalue weighted by molar-refractivity contribution is 0.688. The summed E-state index contributed by atoms with van der Waals surface area (Å²) in [7, 11) is -1.31. The molecule has 0 radical (unpaired) electrons. The van der Waals surface area contributed by atoms with Gasteiger partial charge in [-0.25, -0.2) is 4.21 Å². The lowest BCUT2D eigenvalue weighted by Crippen LogP contribution is -1.88. The summed E-state index contributed by atoms with van der Waals surface area (Å²) in [6, 6.07) is 0. The fraction of sp³-hybridized carbons (Fsp3) is 0.267. The molecule has 0 aromatic rings. The van der Waals surface area contributed by atoms with Gasteiger partial charge in [-0.05, 0) is 25.5 Å². The quantitative estimate of drug-likeness (QED) is 0.550. The number of allylic oxidation sites excluding steroid dienone is 8. The average Bonchev–Trinajstić information content (AvgIpc) is 2.65. The van der Waals surface area contributed by atoms with E-state index in [0.29, 0.717) is 0 Å². The molecule has 0 fully saturated rings. The third-order valence-electron chi connectivity index (χ3n) is 1.79. The first-order chi connectivity index (χ1) is 8.70. The fourth-order valence-electron chi connectivity index (χ4n) is 1.05. The normalized spacial score (nSPS) is 16.1. The maximum atomic E-state index is 11.7. The molecule has 0 heterocycles. The molecule has 1 atom stereocenters. The molecule has 0 bridgehead atoms. The minimum Gasteiger partial charge on any atom is -0.230 e. The minimum absolute atomic E-state index is 0.741. The monoisotopic (exact) mass is 263 g/mol. The van der Waals surface area contributed by atoms with Gasteiger partial charge in [0, 0.05) is 6.21 Å². The summed E-state index contributed by atoms with van der Waals surface area (Å²) in [6.07, 6.45) is 15.4. The molecule has 0 aromatic carbocycles. The first-order valence-corrected chi connectivity index (χ1v) is 7.12. The van der Waals surface area contributed by atoms with Crippen molar-refractivity contribution in [1.82, 2.24) is 0 Å². The van der Waals surface area contributed by atoms with E-state index in [1.54, 1.807) is 6.08 Å². The van der Waals surface area contributed by atoms with Gasteiger partial charge in [0.1, 0.15) is 0 Å². The van der Waals surface area contributed by atoms with Crippen LogP contribution in [0, 0.1) is 0 Å². The molecule has 98 valence electrons. The molecule has 3 heteroatoms. The number of hydrogen-bond acceptors (Lipinski definition) is 1. The van der Waals surface area contributed by atoms with E-state index in [9.17, 15) is 4.21 Å². The van der Waals surface area contributed by atoms with Crippen molar-refractivity contribution < 1.29 is 4.21 Å². The molecule has 0 spiro atoms. The first-order valence-electron chi connectivity index (χ1n) is 6.01. The molecule has 1 aliphatic carbocycles. The van der Waals surface area contributed by atoms with Crippen LogP contribution in [0.3, 0.4) is 0 Å². The van der Waals surface area contributed by atoms with Crippen molar-refractivity contribution in [2.75, 3.05) is 0 Å². The number of nitrogens with zero attached hydrogens (tertiary/aromatic N) is 1. The lowest BCUT2D eigenvalue weighted by atomic mass is 10.3. The summed E-state index contributed by atoms with van der Waals surface area (Å²) in [5.41, 5.74) is 0.940. The van der Waals surface area contributed by atoms with Gasteiger partial charge in [0.25, 0.3) is 0 Å². The zero-order chi connectivity index (χ0) is 13.8. The minimum atomic E-state index is -1.31. The topological polar surface area (TPSA) is 29.4 Å². The Morgan fingerprint density at radius 3 is 2.83 bits per heavy atom. The van der Waals surface area contributed by atoms with E-state index in [-0.39, 0.29) is 0 Å². The van der Waals surface area contributed by atoms with Crippen molar-refractivity contribution in [3.8, 4) is 0 Å². The summed E-state index contributed by atoms with van der Waals surface area (Å²) in [6.45, 7) is 9.61. The standard InChI is InChI=1S/C13H15NOS.C2H6/c1-12(2)8-7-11-14-16(15)13-9-5-3-4-6-10-13;1-2/h3-5,7-11H,1,6H2,2H3;1-2H3/b8-7-,14-11-;. The Hall–Kier alpha value is -1.48. The van der Waals surface area contributed by atoms with Gasteiger partial charge in [-0.15, -0.1) is 0 Å². The molecule has 2 nitrogen and oxygen atoms in total. The van der Waals surface area contributed by atoms with E-state index in [4.69, 9.17) is 0 Å². The van der Waals surface area contributed by atoms with Gasteiger partial charge in [-0.2, -0.15) is 4.40 Å². The lowest BCUT2D eigenvalue weighted by Gasteiger charge is -1.93. The van der Waals surface area contributed by atoms with E-state index in [2.05, 4.69) is 11.0 Å². The molecule has 0 aliphatic heterocycles. The predicted molar refractivity (Wildman–Crippen MR) is 82.9 cm³/mol. The van der Waals surface area contributed by atoms with E-state index >= 15 is 0 Å². The Morgan fingerprint density at radius 2 is 2.17 bits per heavy atom. The van der Waals surface area contributed by atoms with Crippen LogP contribution in [0.5, 0.6) is 0 Å². The molecule has 1 rings (SSSR count). The Kier molecular flexibility index (Phi) is 9.78. The molecule has 1 aliphatic rings. The van der Waals surface area contributed by atoms with Gasteiger partial charge in [0.05, 0.1) is 4.91 Å². The zero-order valence-electron chi connectivity index (χ0n) is 11.3. The highest BCUT2D eigenvalue weighted by molar-refractivity contribution is 7.88. The summed E-state index contributed by atoms with van der Waals surface area (Å²) in [4.78, 5) is 0.741. The predicted octanol–water partition coefficient (Wildman–Crippen LogP) is 4.28. The van der Waals surface area contributed by atoms with E-state index in [1.165, 1.54) is 6.21 Å².